The zero-order valence-corrected chi connectivity index (χ0v) is 20.3. The molecule has 0 bridgehead atoms. The van der Waals surface area contributed by atoms with E-state index >= 15 is 0 Å². The van der Waals surface area contributed by atoms with E-state index < -0.39 is 24.3 Å². The van der Waals surface area contributed by atoms with Crippen LogP contribution in [0.2, 0.25) is 4.34 Å². The van der Waals surface area contributed by atoms with Crippen molar-refractivity contribution in [3.8, 4) is 0 Å². The third-order valence-electron chi connectivity index (χ3n) is 5.93. The fraction of sp³-hybridized carbons (Fsp3) is 0.435. The number of carbonyl (C=O) groups excluding carboxylic acids is 3. The molecule has 1 saturated heterocycles. The third kappa shape index (κ3) is 6.35. The van der Waals surface area contributed by atoms with Crippen LogP contribution < -0.4 is 20.9 Å². The molecule has 12 heteroatoms. The smallest absolute Gasteiger partial charge is 0.265 e. The van der Waals surface area contributed by atoms with Gasteiger partial charge in [0.1, 0.15) is 12.6 Å². The average Bonchev–Trinajstić information content (AvgIpc) is 3.24. The second-order valence-corrected chi connectivity index (χ2v) is 10.0. The van der Waals surface area contributed by atoms with Gasteiger partial charge >= 0.3 is 0 Å². The lowest BCUT2D eigenvalue weighted by Crippen LogP contribution is -2.53. The van der Waals surface area contributed by atoms with Crippen molar-refractivity contribution < 1.29 is 27.9 Å². The van der Waals surface area contributed by atoms with Crippen LogP contribution in [-0.2, 0) is 14.3 Å². The van der Waals surface area contributed by atoms with Gasteiger partial charge in [-0.3, -0.25) is 14.4 Å². The van der Waals surface area contributed by atoms with E-state index in [0.29, 0.717) is 9.21 Å². The first kappa shape index (κ1) is 25.5. The van der Waals surface area contributed by atoms with Crippen LogP contribution in [0.4, 0.5) is 20.2 Å². The van der Waals surface area contributed by atoms with Crippen LogP contribution in [0.5, 0.6) is 0 Å². The van der Waals surface area contributed by atoms with Gasteiger partial charge in [0.2, 0.25) is 5.91 Å². The van der Waals surface area contributed by atoms with E-state index in [0.717, 1.165) is 30.6 Å². The van der Waals surface area contributed by atoms with E-state index in [1.165, 1.54) is 23.1 Å². The van der Waals surface area contributed by atoms with Gasteiger partial charge in [-0.05, 0) is 43.2 Å². The second kappa shape index (κ2) is 11.4. The molecule has 4 rings (SSSR count). The summed E-state index contributed by atoms with van der Waals surface area (Å²) in [7, 11) is 0. The summed E-state index contributed by atoms with van der Waals surface area (Å²) >= 11 is 7.02. The fourth-order valence-corrected chi connectivity index (χ4v) is 4.82. The zero-order chi connectivity index (χ0) is 24.9. The van der Waals surface area contributed by atoms with E-state index in [9.17, 15) is 23.2 Å². The Bertz CT molecular complexity index is 1100. The largest absolute Gasteiger partial charge is 0.370 e. The molecule has 2 heterocycles. The molecule has 1 atom stereocenters. The Balaban J connectivity index is 1.46. The van der Waals surface area contributed by atoms with E-state index in [4.69, 9.17) is 16.3 Å². The molecular weight excluding hydrogens is 502 g/mol. The summed E-state index contributed by atoms with van der Waals surface area (Å²) in [4.78, 5) is 39.3. The van der Waals surface area contributed by atoms with Gasteiger partial charge in [-0.25, -0.2) is 8.78 Å². The third-order valence-corrected chi connectivity index (χ3v) is 7.16. The van der Waals surface area contributed by atoms with Crippen molar-refractivity contribution in [2.45, 2.75) is 37.8 Å². The predicted molar refractivity (Wildman–Crippen MR) is 129 cm³/mol. The molecule has 1 aliphatic heterocycles. The molecule has 8 nitrogen and oxygen atoms in total. The second-order valence-electron chi connectivity index (χ2n) is 8.32. The molecule has 2 aliphatic rings. The summed E-state index contributed by atoms with van der Waals surface area (Å²) < 4.78 is 33.2. The number of morpholine rings is 1. The maximum absolute atomic E-state index is 13.8. The number of hydrogen-bond acceptors (Lipinski definition) is 6. The van der Waals surface area contributed by atoms with Crippen molar-refractivity contribution in [2.75, 3.05) is 36.5 Å². The number of anilines is 2. The van der Waals surface area contributed by atoms with Gasteiger partial charge in [0, 0.05) is 30.4 Å². The molecule has 3 amide bonds. The van der Waals surface area contributed by atoms with E-state index in [2.05, 4.69) is 16.0 Å². The standard InChI is InChI=1S/C23H25ClF2N4O4S/c24-19-7-6-18(35-19)23(33)27-11-16(28-13-2-1-3-13)22(32)29-14-4-5-17(15(10-14)21(25)26)30-8-9-34-12-20(30)31/h4-7,10,13,16,21,28H,1-3,8-9,11-12H2,(H,27,33)(H,29,32)/t16-/m0/s1. The fourth-order valence-electron chi connectivity index (χ4n) is 3.86. The lowest BCUT2D eigenvalue weighted by molar-refractivity contribution is -0.125. The molecule has 1 saturated carbocycles. The molecule has 3 N–H and O–H groups in total. The minimum atomic E-state index is -2.85. The number of amides is 3. The first-order valence-corrected chi connectivity index (χ1v) is 12.4. The number of thiophene rings is 1. The van der Waals surface area contributed by atoms with Crippen molar-refractivity contribution in [3.63, 3.8) is 0 Å². The van der Waals surface area contributed by atoms with Crippen molar-refractivity contribution >= 4 is 52.0 Å². The highest BCUT2D eigenvalue weighted by molar-refractivity contribution is 7.18. The number of ether oxygens (including phenoxy) is 1. The summed E-state index contributed by atoms with van der Waals surface area (Å²) in [5.74, 6) is -1.21. The van der Waals surface area contributed by atoms with Crippen molar-refractivity contribution in [1.82, 2.24) is 10.6 Å². The van der Waals surface area contributed by atoms with Gasteiger partial charge in [0.25, 0.3) is 18.2 Å². The van der Waals surface area contributed by atoms with Gasteiger partial charge in [0.05, 0.1) is 21.5 Å². The lowest BCUT2D eigenvalue weighted by Gasteiger charge is -2.31. The van der Waals surface area contributed by atoms with Crippen LogP contribution in [0.25, 0.3) is 0 Å². The average molecular weight is 527 g/mol. The Labute approximate surface area is 210 Å². The number of alkyl halides is 2. The number of benzene rings is 1. The van der Waals surface area contributed by atoms with E-state index in [-0.39, 0.29) is 55.2 Å². The SMILES string of the molecule is O=C(NC[C@H](NC1CCC1)C(=O)Nc1ccc(N2CCOCC2=O)c(C(F)F)c1)c1ccc(Cl)s1. The van der Waals surface area contributed by atoms with E-state index in [1.54, 1.807) is 12.1 Å². The normalized spacial score (nSPS) is 17.3. The number of hydrogen-bond donors (Lipinski definition) is 3. The Morgan fingerprint density at radius 1 is 1.23 bits per heavy atom. The summed E-state index contributed by atoms with van der Waals surface area (Å²) in [6.07, 6.45) is 0.0239. The molecule has 0 radical (unpaired) electrons. The Morgan fingerprint density at radius 3 is 2.66 bits per heavy atom. The van der Waals surface area contributed by atoms with Crippen LogP contribution in [0.3, 0.4) is 0 Å². The molecule has 2 aromatic rings. The molecule has 1 aromatic heterocycles. The van der Waals surface area contributed by atoms with Crippen LogP contribution in [0.15, 0.2) is 30.3 Å². The van der Waals surface area contributed by atoms with Crippen LogP contribution in [0, 0.1) is 0 Å². The number of rotatable bonds is 9. The van der Waals surface area contributed by atoms with Crippen molar-refractivity contribution in [2.24, 2.45) is 0 Å². The molecule has 35 heavy (non-hydrogen) atoms. The Hall–Kier alpha value is -2.60. The first-order valence-electron chi connectivity index (χ1n) is 11.2. The van der Waals surface area contributed by atoms with Crippen LogP contribution in [0.1, 0.15) is 40.9 Å². The first-order chi connectivity index (χ1) is 16.8. The van der Waals surface area contributed by atoms with Crippen molar-refractivity contribution in [3.05, 3.63) is 45.1 Å². The highest BCUT2D eigenvalue weighted by Crippen LogP contribution is 2.33. The summed E-state index contributed by atoms with van der Waals surface area (Å²) in [5, 5.41) is 8.63. The lowest BCUT2D eigenvalue weighted by atomic mass is 9.92. The summed E-state index contributed by atoms with van der Waals surface area (Å²) in [5.41, 5.74) is -0.0896. The quantitative estimate of drug-likeness (QED) is 0.464. The molecule has 1 aromatic carbocycles. The number of nitrogens with zero attached hydrogens (tertiary/aromatic N) is 1. The Kier molecular flexibility index (Phi) is 8.32. The molecule has 0 spiro atoms. The Morgan fingerprint density at radius 2 is 2.03 bits per heavy atom. The van der Waals surface area contributed by atoms with Crippen LogP contribution in [-0.4, -0.2) is 56.1 Å². The van der Waals surface area contributed by atoms with Crippen molar-refractivity contribution in [1.29, 1.82) is 0 Å². The summed E-state index contributed by atoms with van der Waals surface area (Å²) in [6, 6.07) is 6.65. The summed E-state index contributed by atoms with van der Waals surface area (Å²) in [6.45, 7) is 0.273. The van der Waals surface area contributed by atoms with Gasteiger partial charge in [-0.2, -0.15) is 0 Å². The molecular formula is C23H25ClF2N4O4S. The highest BCUT2D eigenvalue weighted by atomic mass is 35.5. The van der Waals surface area contributed by atoms with Gasteiger partial charge < -0.3 is 25.6 Å². The molecule has 2 fully saturated rings. The number of carbonyl (C=O) groups is 3. The maximum Gasteiger partial charge on any atom is 0.265 e. The zero-order valence-electron chi connectivity index (χ0n) is 18.7. The monoisotopic (exact) mass is 526 g/mol. The minimum absolute atomic E-state index is 0.0127. The predicted octanol–water partition coefficient (Wildman–Crippen LogP) is 3.58. The number of nitrogens with one attached hydrogen (secondary N) is 3. The minimum Gasteiger partial charge on any atom is -0.370 e. The topological polar surface area (TPSA) is 99.8 Å². The molecule has 1 aliphatic carbocycles. The molecule has 188 valence electrons. The van der Waals surface area contributed by atoms with Crippen LogP contribution >= 0.6 is 22.9 Å². The molecule has 0 unspecified atom stereocenters. The van der Waals surface area contributed by atoms with Gasteiger partial charge in [-0.1, -0.05) is 18.0 Å². The van der Waals surface area contributed by atoms with Gasteiger partial charge in [0.15, 0.2) is 0 Å². The van der Waals surface area contributed by atoms with Gasteiger partial charge in [-0.15, -0.1) is 11.3 Å². The van der Waals surface area contributed by atoms with E-state index in [1.807, 2.05) is 0 Å². The number of halogens is 3. The maximum atomic E-state index is 13.8. The highest BCUT2D eigenvalue weighted by Gasteiger charge is 2.28.